The summed E-state index contributed by atoms with van der Waals surface area (Å²) >= 11 is 0. The van der Waals surface area contributed by atoms with E-state index >= 15 is 0 Å². The molecule has 0 radical (unpaired) electrons. The molecule has 2 aliphatic heterocycles. The quantitative estimate of drug-likeness (QED) is 0.657. The number of ether oxygens (including phenoxy) is 1. The van der Waals surface area contributed by atoms with E-state index in [4.69, 9.17) is 10.5 Å². The molecule has 0 saturated carbocycles. The van der Waals surface area contributed by atoms with Crippen LogP contribution in [0.15, 0.2) is 18.5 Å². The summed E-state index contributed by atoms with van der Waals surface area (Å²) in [6, 6.07) is 1.62. The standard InChI is InChI=1S/C20H27FN6O4S/c1-2-7-26-11-13(21)12-27-20(26)17(18(22)25-27)19(28)24-15-10-23-6-3-16(15)31-14-4-8-32(29,30)9-5-14/h3,6,10,13-14H,2,4-5,7-9,11-12H2,1H3,(H2,22,25)(H,24,28). The third-order valence-electron chi connectivity index (χ3n) is 5.59. The molecule has 0 aromatic carbocycles. The number of hydrogen-bond donors (Lipinski definition) is 2. The van der Waals surface area contributed by atoms with Crippen LogP contribution in [0.4, 0.5) is 21.7 Å². The Hall–Kier alpha value is -2.89. The fraction of sp³-hybridized carbons (Fsp3) is 0.550. The SMILES string of the molecule is CCCN1CC(F)Cn2nc(N)c(C(=O)Nc3cnccc3OC3CCS(=O)(=O)CC3)c21. The number of fused-ring (bicyclic) bond motifs is 1. The van der Waals surface area contributed by atoms with Gasteiger partial charge in [-0.1, -0.05) is 6.92 Å². The van der Waals surface area contributed by atoms with Crippen molar-refractivity contribution in [2.45, 2.75) is 45.0 Å². The van der Waals surface area contributed by atoms with E-state index in [-0.39, 0.29) is 42.1 Å². The Morgan fingerprint density at radius 3 is 2.81 bits per heavy atom. The van der Waals surface area contributed by atoms with Gasteiger partial charge in [0.2, 0.25) is 0 Å². The fourth-order valence-corrected chi connectivity index (χ4v) is 5.55. The number of aromatic nitrogens is 3. The van der Waals surface area contributed by atoms with E-state index in [0.717, 1.165) is 6.42 Å². The molecule has 3 N–H and O–H groups in total. The Labute approximate surface area is 185 Å². The predicted molar refractivity (Wildman–Crippen MR) is 119 cm³/mol. The summed E-state index contributed by atoms with van der Waals surface area (Å²) in [5.74, 6) is 0.576. The van der Waals surface area contributed by atoms with Crippen molar-refractivity contribution in [1.29, 1.82) is 0 Å². The number of nitrogens with one attached hydrogen (secondary N) is 1. The van der Waals surface area contributed by atoms with Gasteiger partial charge in [-0.2, -0.15) is 5.10 Å². The third-order valence-corrected chi connectivity index (χ3v) is 7.30. The molecule has 32 heavy (non-hydrogen) atoms. The molecule has 4 rings (SSSR count). The smallest absolute Gasteiger partial charge is 0.263 e. The molecule has 174 valence electrons. The van der Waals surface area contributed by atoms with Crippen LogP contribution in [0.3, 0.4) is 0 Å². The second-order valence-corrected chi connectivity index (χ2v) is 10.4. The van der Waals surface area contributed by atoms with Gasteiger partial charge in [-0.25, -0.2) is 17.5 Å². The molecule has 4 heterocycles. The molecule has 0 aliphatic carbocycles. The normalized spacial score (nSPS) is 20.6. The number of halogens is 1. The number of amides is 1. The first-order chi connectivity index (χ1) is 15.3. The average Bonchev–Trinajstić information content (AvgIpc) is 3.07. The lowest BCUT2D eigenvalue weighted by Crippen LogP contribution is -2.41. The van der Waals surface area contributed by atoms with Gasteiger partial charge in [0.15, 0.2) is 15.7 Å². The Bertz CT molecular complexity index is 1090. The third kappa shape index (κ3) is 4.64. The van der Waals surface area contributed by atoms with Gasteiger partial charge in [0.1, 0.15) is 35.1 Å². The van der Waals surface area contributed by atoms with Gasteiger partial charge in [-0.3, -0.25) is 9.78 Å². The van der Waals surface area contributed by atoms with Crippen LogP contribution >= 0.6 is 0 Å². The molecule has 0 spiro atoms. The number of nitrogens with two attached hydrogens (primary N) is 1. The van der Waals surface area contributed by atoms with Crippen LogP contribution in [0, 0.1) is 0 Å². The zero-order chi connectivity index (χ0) is 22.9. The van der Waals surface area contributed by atoms with Gasteiger partial charge in [0, 0.05) is 18.8 Å². The first-order valence-corrected chi connectivity index (χ1v) is 12.5. The summed E-state index contributed by atoms with van der Waals surface area (Å²) in [7, 11) is -3.01. The van der Waals surface area contributed by atoms with Gasteiger partial charge in [0.25, 0.3) is 5.91 Å². The molecule has 1 saturated heterocycles. The zero-order valence-electron chi connectivity index (χ0n) is 17.8. The van der Waals surface area contributed by atoms with E-state index in [1.165, 1.54) is 17.1 Å². The highest BCUT2D eigenvalue weighted by Crippen LogP contribution is 2.33. The van der Waals surface area contributed by atoms with Crippen molar-refractivity contribution in [2.24, 2.45) is 0 Å². The van der Waals surface area contributed by atoms with Crippen LogP contribution in [0.25, 0.3) is 0 Å². The van der Waals surface area contributed by atoms with Gasteiger partial charge in [0.05, 0.1) is 30.8 Å². The Balaban J connectivity index is 1.56. The van der Waals surface area contributed by atoms with Crippen molar-refractivity contribution < 1.29 is 22.3 Å². The van der Waals surface area contributed by atoms with E-state index in [0.29, 0.717) is 36.6 Å². The van der Waals surface area contributed by atoms with Gasteiger partial charge in [-0.05, 0) is 19.3 Å². The number of alkyl halides is 1. The lowest BCUT2D eigenvalue weighted by atomic mass is 10.2. The lowest BCUT2D eigenvalue weighted by molar-refractivity contribution is 0.102. The molecule has 1 unspecified atom stereocenters. The largest absolute Gasteiger partial charge is 0.488 e. The highest BCUT2D eigenvalue weighted by Gasteiger charge is 2.33. The maximum Gasteiger partial charge on any atom is 0.263 e. The predicted octanol–water partition coefficient (Wildman–Crippen LogP) is 1.64. The second-order valence-electron chi connectivity index (χ2n) is 8.10. The van der Waals surface area contributed by atoms with Crippen molar-refractivity contribution in [1.82, 2.24) is 14.8 Å². The second kappa shape index (κ2) is 8.93. The number of hydrogen-bond acceptors (Lipinski definition) is 8. The minimum absolute atomic E-state index is 0.0246. The minimum atomic E-state index is -3.01. The van der Waals surface area contributed by atoms with Gasteiger partial charge in [-0.15, -0.1) is 0 Å². The number of nitrogens with zero attached hydrogens (tertiary/aromatic N) is 4. The molecule has 1 fully saturated rings. The van der Waals surface area contributed by atoms with E-state index in [1.54, 1.807) is 11.0 Å². The molecule has 2 aromatic heterocycles. The number of nitrogen functional groups attached to an aromatic ring is 1. The van der Waals surface area contributed by atoms with Crippen LogP contribution in [0.5, 0.6) is 5.75 Å². The minimum Gasteiger partial charge on any atom is -0.488 e. The van der Waals surface area contributed by atoms with Crippen LogP contribution in [-0.2, 0) is 16.4 Å². The van der Waals surface area contributed by atoms with Crippen LogP contribution in [0.1, 0.15) is 36.5 Å². The van der Waals surface area contributed by atoms with Crippen LogP contribution < -0.4 is 20.7 Å². The Morgan fingerprint density at radius 1 is 1.34 bits per heavy atom. The molecule has 12 heteroatoms. The summed E-state index contributed by atoms with van der Waals surface area (Å²) < 4.78 is 44.9. The fourth-order valence-electron chi connectivity index (χ4n) is 4.10. The monoisotopic (exact) mass is 466 g/mol. The molecule has 10 nitrogen and oxygen atoms in total. The maximum atomic E-state index is 14.1. The highest BCUT2D eigenvalue weighted by atomic mass is 32.2. The average molecular weight is 467 g/mol. The van der Waals surface area contributed by atoms with Gasteiger partial charge < -0.3 is 20.7 Å². The molecular weight excluding hydrogens is 439 g/mol. The van der Waals surface area contributed by atoms with E-state index in [9.17, 15) is 17.6 Å². The van der Waals surface area contributed by atoms with Crippen molar-refractivity contribution in [3.8, 4) is 5.75 Å². The summed E-state index contributed by atoms with van der Waals surface area (Å²) in [4.78, 5) is 19.0. The number of sulfone groups is 1. The molecule has 2 aliphatic rings. The van der Waals surface area contributed by atoms with E-state index in [1.807, 2.05) is 6.92 Å². The number of pyridine rings is 1. The highest BCUT2D eigenvalue weighted by molar-refractivity contribution is 7.91. The topological polar surface area (TPSA) is 132 Å². The summed E-state index contributed by atoms with van der Waals surface area (Å²) in [5.41, 5.74) is 6.57. The van der Waals surface area contributed by atoms with Crippen LogP contribution in [0.2, 0.25) is 0 Å². The number of anilines is 3. The first-order valence-electron chi connectivity index (χ1n) is 10.6. The number of carbonyl (C=O) groups is 1. The molecule has 1 atom stereocenters. The Morgan fingerprint density at radius 2 is 2.09 bits per heavy atom. The Kier molecular flexibility index (Phi) is 6.22. The lowest BCUT2D eigenvalue weighted by Gasteiger charge is -2.32. The summed E-state index contributed by atoms with van der Waals surface area (Å²) in [6.45, 7) is 2.75. The van der Waals surface area contributed by atoms with Crippen molar-refractivity contribution in [3.63, 3.8) is 0 Å². The maximum absolute atomic E-state index is 14.1. The molecule has 2 aromatic rings. The zero-order valence-corrected chi connectivity index (χ0v) is 18.6. The van der Waals surface area contributed by atoms with Crippen LogP contribution in [-0.4, -0.2) is 66.0 Å². The number of carbonyl (C=O) groups excluding carboxylic acids is 1. The van der Waals surface area contributed by atoms with E-state index in [2.05, 4.69) is 15.4 Å². The van der Waals surface area contributed by atoms with Crippen molar-refractivity contribution >= 4 is 33.1 Å². The first kappa shape index (κ1) is 22.3. The number of rotatable bonds is 6. The molecule has 1 amide bonds. The molecular formula is C20H27FN6O4S. The molecule has 0 bridgehead atoms. The summed E-state index contributed by atoms with van der Waals surface area (Å²) in [6.07, 6.45) is 3.17. The van der Waals surface area contributed by atoms with Crippen molar-refractivity contribution in [2.75, 3.05) is 40.5 Å². The van der Waals surface area contributed by atoms with Gasteiger partial charge >= 0.3 is 0 Å². The summed E-state index contributed by atoms with van der Waals surface area (Å²) in [5, 5.41) is 6.96. The van der Waals surface area contributed by atoms with Crippen molar-refractivity contribution in [3.05, 3.63) is 24.0 Å². The van der Waals surface area contributed by atoms with E-state index < -0.39 is 21.9 Å².